The van der Waals surface area contributed by atoms with E-state index in [0.29, 0.717) is 0 Å². The fourth-order valence-electron chi connectivity index (χ4n) is 1.50. The topological polar surface area (TPSA) is 84.6 Å². The van der Waals surface area contributed by atoms with Gasteiger partial charge in [0.05, 0.1) is 10.5 Å². The van der Waals surface area contributed by atoms with Crippen molar-refractivity contribution >= 4 is 15.8 Å². The van der Waals surface area contributed by atoms with Gasteiger partial charge in [-0.15, -0.1) is 0 Å². The van der Waals surface area contributed by atoms with Gasteiger partial charge in [0.2, 0.25) is 0 Å². The molecule has 7 heteroatoms. The van der Waals surface area contributed by atoms with Crippen LogP contribution in [0.1, 0.15) is 16.1 Å². The van der Waals surface area contributed by atoms with Gasteiger partial charge in [0.15, 0.2) is 9.84 Å². The number of carbonyl (C=O) groups is 1. The second-order valence-corrected chi connectivity index (χ2v) is 5.81. The van der Waals surface area contributed by atoms with Crippen LogP contribution < -0.4 is 0 Å². The number of halogens is 1. The fourth-order valence-corrected chi connectivity index (χ4v) is 2.77. The molecular weight excluding hydrogens is 275 g/mol. The van der Waals surface area contributed by atoms with Crippen LogP contribution >= 0.6 is 0 Å². The van der Waals surface area contributed by atoms with E-state index >= 15 is 0 Å². The van der Waals surface area contributed by atoms with E-state index in [1.165, 1.54) is 12.1 Å². The third-order valence-corrected chi connectivity index (χ3v) is 4.02. The van der Waals surface area contributed by atoms with Crippen LogP contribution in [0.4, 0.5) is 4.39 Å². The van der Waals surface area contributed by atoms with Gasteiger partial charge >= 0.3 is 5.97 Å². The summed E-state index contributed by atoms with van der Waals surface area (Å²) in [5.74, 6) is -2.41. The Morgan fingerprint density at radius 1 is 1.32 bits per heavy atom. The van der Waals surface area contributed by atoms with Crippen molar-refractivity contribution in [3.63, 3.8) is 0 Å². The summed E-state index contributed by atoms with van der Waals surface area (Å²) in [6.07, 6.45) is 0.957. The summed E-state index contributed by atoms with van der Waals surface area (Å²) in [4.78, 5) is 10.5. The minimum Gasteiger partial charge on any atom is -0.478 e. The minimum absolute atomic E-state index is 0.0124. The van der Waals surface area contributed by atoms with Crippen LogP contribution in [0.5, 0.6) is 0 Å². The lowest BCUT2D eigenvalue weighted by molar-refractivity contribution is 0.0696. The number of hydrogen-bond acceptors (Lipinski definition) is 4. The summed E-state index contributed by atoms with van der Waals surface area (Å²) in [7, 11) is -3.77. The molecule has 0 aliphatic heterocycles. The molecule has 0 aliphatic carbocycles. The molecule has 2 rings (SSSR count). The lowest BCUT2D eigenvalue weighted by Gasteiger charge is -2.02. The number of furan rings is 1. The number of rotatable bonds is 4. The largest absolute Gasteiger partial charge is 0.478 e. The van der Waals surface area contributed by atoms with E-state index in [2.05, 4.69) is 0 Å². The summed E-state index contributed by atoms with van der Waals surface area (Å²) in [6, 6.07) is 5.70. The quantitative estimate of drug-likeness (QED) is 0.929. The Labute approximate surface area is 108 Å². The number of carboxylic acids is 1. The molecule has 0 fully saturated rings. The minimum atomic E-state index is -3.77. The lowest BCUT2D eigenvalue weighted by atomic mass is 10.3. The van der Waals surface area contributed by atoms with Crippen molar-refractivity contribution in [1.29, 1.82) is 0 Å². The Morgan fingerprint density at radius 3 is 2.63 bits per heavy atom. The monoisotopic (exact) mass is 284 g/mol. The van der Waals surface area contributed by atoms with Gasteiger partial charge in [-0.25, -0.2) is 17.6 Å². The maximum Gasteiger partial charge on any atom is 0.338 e. The molecule has 19 heavy (non-hydrogen) atoms. The third kappa shape index (κ3) is 3.00. The number of aromatic carboxylic acids is 1. The van der Waals surface area contributed by atoms with Crippen LogP contribution in [0.25, 0.3) is 0 Å². The average molecular weight is 284 g/mol. The number of carboxylic acid groups (broad SMARTS) is 1. The van der Waals surface area contributed by atoms with Gasteiger partial charge in [-0.1, -0.05) is 6.07 Å². The number of benzene rings is 1. The van der Waals surface area contributed by atoms with E-state index in [1.54, 1.807) is 0 Å². The normalized spacial score (nSPS) is 11.4. The summed E-state index contributed by atoms with van der Waals surface area (Å²) < 4.78 is 41.8. The molecule has 1 aromatic carbocycles. The summed E-state index contributed by atoms with van der Waals surface area (Å²) in [6.45, 7) is 0. The molecule has 0 radical (unpaired) electrons. The molecule has 1 heterocycles. The average Bonchev–Trinajstić information content (AvgIpc) is 2.77. The van der Waals surface area contributed by atoms with Crippen LogP contribution in [-0.2, 0) is 15.6 Å². The summed E-state index contributed by atoms with van der Waals surface area (Å²) >= 11 is 0. The number of hydrogen-bond donors (Lipinski definition) is 1. The van der Waals surface area contributed by atoms with Crippen molar-refractivity contribution in [2.75, 3.05) is 0 Å². The van der Waals surface area contributed by atoms with E-state index in [4.69, 9.17) is 9.52 Å². The molecule has 0 amide bonds. The SMILES string of the molecule is O=C(O)c1coc(CS(=O)(=O)c2cccc(F)c2)c1. The van der Waals surface area contributed by atoms with Gasteiger partial charge in [-0.05, 0) is 24.3 Å². The van der Waals surface area contributed by atoms with E-state index in [9.17, 15) is 17.6 Å². The Kier molecular flexibility index (Phi) is 3.39. The zero-order chi connectivity index (χ0) is 14.0. The summed E-state index contributed by atoms with van der Waals surface area (Å²) in [5, 5.41) is 8.69. The zero-order valence-electron chi connectivity index (χ0n) is 9.54. The molecule has 0 atom stereocenters. The lowest BCUT2D eigenvalue weighted by Crippen LogP contribution is -2.04. The predicted octanol–water partition coefficient (Wildman–Crippen LogP) is 2.09. The maximum absolute atomic E-state index is 13.0. The third-order valence-electron chi connectivity index (χ3n) is 2.39. The van der Waals surface area contributed by atoms with Crippen LogP contribution in [0.15, 0.2) is 45.9 Å². The predicted molar refractivity (Wildman–Crippen MR) is 63.0 cm³/mol. The van der Waals surface area contributed by atoms with Crippen LogP contribution in [0.3, 0.4) is 0 Å². The molecule has 0 unspecified atom stereocenters. The van der Waals surface area contributed by atoms with Gasteiger partial charge in [0.1, 0.15) is 23.6 Å². The molecule has 0 saturated heterocycles. The highest BCUT2D eigenvalue weighted by atomic mass is 32.2. The fraction of sp³-hybridized carbons (Fsp3) is 0.0833. The second kappa shape index (κ2) is 4.85. The van der Waals surface area contributed by atoms with Gasteiger partial charge in [0.25, 0.3) is 0 Å². The first-order chi connectivity index (χ1) is 8.88. The van der Waals surface area contributed by atoms with Crippen LogP contribution in [0.2, 0.25) is 0 Å². The van der Waals surface area contributed by atoms with Crippen LogP contribution in [0, 0.1) is 5.82 Å². The highest BCUT2D eigenvalue weighted by molar-refractivity contribution is 7.90. The first kappa shape index (κ1) is 13.3. The highest BCUT2D eigenvalue weighted by Crippen LogP contribution is 2.19. The first-order valence-electron chi connectivity index (χ1n) is 5.17. The summed E-state index contributed by atoms with van der Waals surface area (Å²) in [5.41, 5.74) is -0.135. The van der Waals surface area contributed by atoms with Crippen molar-refractivity contribution in [2.24, 2.45) is 0 Å². The van der Waals surface area contributed by atoms with Gasteiger partial charge in [-0.3, -0.25) is 0 Å². The Balaban J connectivity index is 2.28. The Morgan fingerprint density at radius 2 is 2.05 bits per heavy atom. The highest BCUT2D eigenvalue weighted by Gasteiger charge is 2.19. The van der Waals surface area contributed by atoms with E-state index in [0.717, 1.165) is 24.5 Å². The molecule has 1 N–H and O–H groups in total. The van der Waals surface area contributed by atoms with E-state index in [-0.39, 0.29) is 16.2 Å². The zero-order valence-corrected chi connectivity index (χ0v) is 10.4. The van der Waals surface area contributed by atoms with Gasteiger partial charge in [-0.2, -0.15) is 0 Å². The first-order valence-corrected chi connectivity index (χ1v) is 6.83. The van der Waals surface area contributed by atoms with Crippen molar-refractivity contribution in [3.05, 3.63) is 53.7 Å². The molecule has 2 aromatic rings. The van der Waals surface area contributed by atoms with Gasteiger partial charge in [0, 0.05) is 0 Å². The molecule has 0 spiro atoms. The molecular formula is C12H9FO5S. The Hall–Kier alpha value is -2.15. The van der Waals surface area contributed by atoms with Crippen LogP contribution in [-0.4, -0.2) is 19.5 Å². The molecule has 0 aliphatic rings. The Bertz CT molecular complexity index is 717. The van der Waals surface area contributed by atoms with Gasteiger partial charge < -0.3 is 9.52 Å². The standard InChI is InChI=1S/C12H9FO5S/c13-9-2-1-3-11(5-9)19(16,17)7-10-4-8(6-18-10)12(14)15/h1-6H,7H2,(H,14,15). The van der Waals surface area contributed by atoms with Crippen molar-refractivity contribution in [1.82, 2.24) is 0 Å². The smallest absolute Gasteiger partial charge is 0.338 e. The van der Waals surface area contributed by atoms with Crippen molar-refractivity contribution < 1.29 is 27.1 Å². The molecule has 1 aromatic heterocycles. The molecule has 5 nitrogen and oxygen atoms in total. The van der Waals surface area contributed by atoms with Crippen molar-refractivity contribution in [3.8, 4) is 0 Å². The molecule has 100 valence electrons. The number of sulfone groups is 1. The van der Waals surface area contributed by atoms with Crippen molar-refractivity contribution in [2.45, 2.75) is 10.6 Å². The van der Waals surface area contributed by atoms with E-state index < -0.39 is 27.4 Å². The maximum atomic E-state index is 13.0. The van der Waals surface area contributed by atoms with E-state index in [1.807, 2.05) is 0 Å². The second-order valence-electron chi connectivity index (χ2n) is 3.82. The molecule has 0 bridgehead atoms. The molecule has 0 saturated carbocycles.